The predicted octanol–water partition coefficient (Wildman–Crippen LogP) is 2.63. The summed E-state index contributed by atoms with van der Waals surface area (Å²) in [6, 6.07) is 3.28. The molecule has 0 unspecified atom stereocenters. The Kier molecular flexibility index (Phi) is 6.70. The fraction of sp³-hybridized carbons (Fsp3) is 0.533. The number of benzene rings is 1. The first-order chi connectivity index (χ1) is 9.67. The van der Waals surface area contributed by atoms with Crippen molar-refractivity contribution in [3.63, 3.8) is 0 Å². The molecule has 0 aromatic heterocycles. The molecule has 1 rings (SSSR count). The maximum atomic E-state index is 12.2. The molecule has 20 heavy (non-hydrogen) atoms. The predicted molar refractivity (Wildman–Crippen MR) is 78.0 cm³/mol. The van der Waals surface area contributed by atoms with Crippen molar-refractivity contribution in [1.29, 1.82) is 0 Å². The van der Waals surface area contributed by atoms with Gasteiger partial charge in [-0.1, -0.05) is 19.8 Å². The maximum Gasteiger partial charge on any atom is 0.255 e. The van der Waals surface area contributed by atoms with Gasteiger partial charge in [-0.15, -0.1) is 0 Å². The van der Waals surface area contributed by atoms with Gasteiger partial charge in [0.25, 0.3) is 5.91 Å². The van der Waals surface area contributed by atoms with Crippen LogP contribution in [0.1, 0.15) is 36.5 Å². The van der Waals surface area contributed by atoms with Crippen LogP contribution in [0.5, 0.6) is 17.2 Å². The smallest absolute Gasteiger partial charge is 0.255 e. The van der Waals surface area contributed by atoms with Crippen molar-refractivity contribution in [3.05, 3.63) is 17.7 Å². The highest BCUT2D eigenvalue weighted by Gasteiger charge is 2.17. The van der Waals surface area contributed by atoms with Crippen LogP contribution in [0.3, 0.4) is 0 Å². The lowest BCUT2D eigenvalue weighted by Crippen LogP contribution is -2.25. The van der Waals surface area contributed by atoms with E-state index in [1.807, 2.05) is 0 Å². The number of hydrogen-bond donors (Lipinski definition) is 1. The minimum absolute atomic E-state index is 0.168. The SMILES string of the molecule is CCCCCNC(=O)c1cc(OC)c(OC)cc1OC. The molecule has 0 spiro atoms. The van der Waals surface area contributed by atoms with Crippen molar-refractivity contribution in [1.82, 2.24) is 5.32 Å². The normalized spacial score (nSPS) is 10.0. The summed E-state index contributed by atoms with van der Waals surface area (Å²) in [5.74, 6) is 1.34. The Morgan fingerprint density at radius 2 is 1.60 bits per heavy atom. The van der Waals surface area contributed by atoms with Gasteiger partial charge in [0.2, 0.25) is 0 Å². The zero-order valence-electron chi connectivity index (χ0n) is 12.6. The lowest BCUT2D eigenvalue weighted by atomic mass is 10.1. The van der Waals surface area contributed by atoms with Gasteiger partial charge >= 0.3 is 0 Å². The van der Waals surface area contributed by atoms with Gasteiger partial charge in [0, 0.05) is 18.7 Å². The summed E-state index contributed by atoms with van der Waals surface area (Å²) in [5, 5.41) is 2.88. The Balaban J connectivity index is 2.89. The molecule has 1 aromatic rings. The van der Waals surface area contributed by atoms with E-state index in [4.69, 9.17) is 14.2 Å². The molecule has 0 fully saturated rings. The maximum absolute atomic E-state index is 12.2. The van der Waals surface area contributed by atoms with E-state index in [0.29, 0.717) is 29.4 Å². The van der Waals surface area contributed by atoms with Crippen molar-refractivity contribution in [2.75, 3.05) is 27.9 Å². The number of unbranched alkanes of at least 4 members (excludes halogenated alkanes) is 2. The highest BCUT2D eigenvalue weighted by molar-refractivity contribution is 5.97. The van der Waals surface area contributed by atoms with Gasteiger partial charge in [0.15, 0.2) is 11.5 Å². The third-order valence-corrected chi connectivity index (χ3v) is 3.02. The molecule has 0 bridgehead atoms. The fourth-order valence-corrected chi connectivity index (χ4v) is 1.88. The number of carbonyl (C=O) groups is 1. The Labute approximate surface area is 120 Å². The first kappa shape index (κ1) is 16.1. The van der Waals surface area contributed by atoms with Crippen LogP contribution in [-0.2, 0) is 0 Å². The molecule has 0 saturated carbocycles. The molecule has 1 aromatic carbocycles. The summed E-state index contributed by atoms with van der Waals surface area (Å²) < 4.78 is 15.6. The topological polar surface area (TPSA) is 56.8 Å². The average Bonchev–Trinajstić information content (AvgIpc) is 2.49. The molecule has 0 radical (unpaired) electrons. The second-order valence-electron chi connectivity index (χ2n) is 4.37. The van der Waals surface area contributed by atoms with Gasteiger partial charge in [-0.25, -0.2) is 0 Å². The van der Waals surface area contributed by atoms with Gasteiger partial charge < -0.3 is 19.5 Å². The molecule has 5 heteroatoms. The summed E-state index contributed by atoms with van der Waals surface area (Å²) >= 11 is 0. The average molecular weight is 281 g/mol. The molecular weight excluding hydrogens is 258 g/mol. The second kappa shape index (κ2) is 8.30. The van der Waals surface area contributed by atoms with Crippen LogP contribution in [0.2, 0.25) is 0 Å². The number of rotatable bonds is 8. The molecule has 0 atom stereocenters. The standard InChI is InChI=1S/C15H23NO4/c1-5-6-7-8-16-15(17)11-9-13(19-3)14(20-4)10-12(11)18-2/h9-10H,5-8H2,1-4H3,(H,16,17). The molecule has 1 amide bonds. The number of amides is 1. The largest absolute Gasteiger partial charge is 0.496 e. The van der Waals surface area contributed by atoms with E-state index in [2.05, 4.69) is 12.2 Å². The van der Waals surface area contributed by atoms with Crippen LogP contribution in [0.25, 0.3) is 0 Å². The Hall–Kier alpha value is -1.91. The molecule has 0 aliphatic rings. The molecule has 112 valence electrons. The monoisotopic (exact) mass is 281 g/mol. The zero-order valence-corrected chi connectivity index (χ0v) is 12.6. The van der Waals surface area contributed by atoms with Crippen molar-refractivity contribution in [2.24, 2.45) is 0 Å². The van der Waals surface area contributed by atoms with Crippen LogP contribution in [0.15, 0.2) is 12.1 Å². The Morgan fingerprint density at radius 3 is 2.15 bits per heavy atom. The first-order valence-corrected chi connectivity index (χ1v) is 6.76. The third-order valence-electron chi connectivity index (χ3n) is 3.02. The number of nitrogens with one attached hydrogen (secondary N) is 1. The first-order valence-electron chi connectivity index (χ1n) is 6.76. The number of hydrogen-bond acceptors (Lipinski definition) is 4. The lowest BCUT2D eigenvalue weighted by molar-refractivity contribution is 0.0949. The van der Waals surface area contributed by atoms with Gasteiger partial charge in [-0.05, 0) is 6.42 Å². The zero-order chi connectivity index (χ0) is 15.0. The van der Waals surface area contributed by atoms with Crippen molar-refractivity contribution in [2.45, 2.75) is 26.2 Å². The van der Waals surface area contributed by atoms with E-state index >= 15 is 0 Å². The van der Waals surface area contributed by atoms with Crippen LogP contribution >= 0.6 is 0 Å². The highest BCUT2D eigenvalue weighted by Crippen LogP contribution is 2.34. The quantitative estimate of drug-likeness (QED) is 0.744. The van der Waals surface area contributed by atoms with E-state index in [9.17, 15) is 4.79 Å². The molecule has 0 heterocycles. The molecular formula is C15H23NO4. The minimum Gasteiger partial charge on any atom is -0.496 e. The van der Waals surface area contributed by atoms with Crippen LogP contribution in [0.4, 0.5) is 0 Å². The third kappa shape index (κ3) is 4.05. The van der Waals surface area contributed by atoms with Crippen molar-refractivity contribution < 1.29 is 19.0 Å². The summed E-state index contributed by atoms with van der Waals surface area (Å²) in [4.78, 5) is 12.2. The van der Waals surface area contributed by atoms with E-state index in [-0.39, 0.29) is 5.91 Å². The van der Waals surface area contributed by atoms with Crippen LogP contribution in [0, 0.1) is 0 Å². The van der Waals surface area contributed by atoms with Gasteiger partial charge in [-0.3, -0.25) is 4.79 Å². The summed E-state index contributed by atoms with van der Waals surface area (Å²) in [6.45, 7) is 2.78. The molecule has 5 nitrogen and oxygen atoms in total. The van der Waals surface area contributed by atoms with E-state index in [1.54, 1.807) is 19.2 Å². The summed E-state index contributed by atoms with van der Waals surface area (Å²) in [7, 11) is 4.60. The van der Waals surface area contributed by atoms with Gasteiger partial charge in [-0.2, -0.15) is 0 Å². The fourth-order valence-electron chi connectivity index (χ4n) is 1.88. The van der Waals surface area contributed by atoms with E-state index in [0.717, 1.165) is 19.3 Å². The van der Waals surface area contributed by atoms with E-state index < -0.39 is 0 Å². The van der Waals surface area contributed by atoms with E-state index in [1.165, 1.54) is 14.2 Å². The van der Waals surface area contributed by atoms with Gasteiger partial charge in [0.05, 0.1) is 26.9 Å². The molecule has 1 N–H and O–H groups in total. The van der Waals surface area contributed by atoms with Crippen molar-refractivity contribution in [3.8, 4) is 17.2 Å². The Bertz CT molecular complexity index is 446. The number of carbonyl (C=O) groups excluding carboxylic acids is 1. The van der Waals surface area contributed by atoms with Crippen molar-refractivity contribution >= 4 is 5.91 Å². The van der Waals surface area contributed by atoms with Gasteiger partial charge in [0.1, 0.15) is 5.75 Å². The number of methoxy groups -OCH3 is 3. The lowest BCUT2D eigenvalue weighted by Gasteiger charge is -2.14. The summed E-state index contributed by atoms with van der Waals surface area (Å²) in [6.07, 6.45) is 3.19. The second-order valence-corrected chi connectivity index (χ2v) is 4.37. The summed E-state index contributed by atoms with van der Waals surface area (Å²) in [5.41, 5.74) is 0.446. The molecule has 0 aliphatic carbocycles. The Morgan fingerprint density at radius 1 is 1.00 bits per heavy atom. The highest BCUT2D eigenvalue weighted by atomic mass is 16.5. The molecule has 0 saturated heterocycles. The molecule has 0 aliphatic heterocycles. The minimum atomic E-state index is -0.168. The van der Waals surface area contributed by atoms with Crippen LogP contribution in [-0.4, -0.2) is 33.8 Å². The van der Waals surface area contributed by atoms with Crippen LogP contribution < -0.4 is 19.5 Å². The number of ether oxygens (including phenoxy) is 3.